The number of amides is 2. The number of ether oxygens (including phenoxy) is 2. The molecule has 8 aromatic rings. The lowest BCUT2D eigenvalue weighted by Gasteiger charge is -2.47. The van der Waals surface area contributed by atoms with Crippen LogP contribution >= 0.6 is 23.2 Å². The Bertz CT molecular complexity index is 4220. The molecule has 7 aliphatic rings. The molecular weight excluding hydrogens is 1150 g/mol. The van der Waals surface area contributed by atoms with E-state index in [0.29, 0.717) is 115 Å². The minimum atomic E-state index is -0.767. The first-order chi connectivity index (χ1) is 41.7. The Morgan fingerprint density at radius 1 is 0.663 bits per heavy atom. The highest BCUT2D eigenvalue weighted by molar-refractivity contribution is 6.37. The van der Waals surface area contributed by atoms with Crippen molar-refractivity contribution in [1.29, 1.82) is 0 Å². The van der Waals surface area contributed by atoms with Crippen molar-refractivity contribution < 1.29 is 36.6 Å². The second kappa shape index (κ2) is 21.0. The lowest BCUT2D eigenvalue weighted by atomic mass is 9.92. The molecule has 4 aromatic carbocycles. The van der Waals surface area contributed by atoms with Crippen molar-refractivity contribution in [2.24, 2.45) is 0 Å². The average Bonchev–Trinajstić information content (AvgIpc) is 1.62. The van der Waals surface area contributed by atoms with Crippen molar-refractivity contribution in [2.45, 2.75) is 93.2 Å². The van der Waals surface area contributed by atoms with Gasteiger partial charge in [-0.15, -0.1) is 0 Å². The molecule has 11 heterocycles. The Labute approximate surface area is 502 Å². The van der Waals surface area contributed by atoms with E-state index in [9.17, 15) is 14.0 Å². The summed E-state index contributed by atoms with van der Waals surface area (Å²) in [7, 11) is 2.05. The number of fused-ring (bicyclic) bond motifs is 7. The number of hydrogen-bond donors (Lipinski definition) is 0. The van der Waals surface area contributed by atoms with Crippen molar-refractivity contribution in [1.82, 2.24) is 49.5 Å². The second-order valence-electron chi connectivity index (χ2n) is 23.9. The highest BCUT2D eigenvalue weighted by Gasteiger charge is 2.53. The summed E-state index contributed by atoms with van der Waals surface area (Å²) in [5.41, 5.74) is 0.468. The summed E-state index contributed by atoms with van der Waals surface area (Å²) in [6, 6.07) is 14.3. The standard InChI is InChI=1S/C64H58Cl2F4N12O4/c1-4-48(83)78-24-18-45-46(78)30-81(45)61-40-28-71-56(36-13-6-10-33-15-16-41(67)52(65)50(33)36)54(69)59(40)74-63(76-61)86-32-64-20-9-23-82(64)43(17-21-64)38-26-42(68)53(66)51-35(38)12-7-14-37(51)57-55(70)58-39(27-72-57)60(75-62(73-58)85-31-34-11-8-22-77(34)3)79-25-19-44-47(79)29-80(44)49(84)5-2/h4-7,10,12-16,26-28,34,43-47H,1-2,8-9,11,17-25,29-32H2,3H3/t34-,43?,44+,45+,46+,47+,64?/m0/s1. The lowest BCUT2D eigenvalue weighted by molar-refractivity contribution is -0.133. The molecule has 7 fully saturated rings. The van der Waals surface area contributed by atoms with E-state index >= 15 is 13.2 Å². The highest BCUT2D eigenvalue weighted by Crippen LogP contribution is 2.52. The summed E-state index contributed by atoms with van der Waals surface area (Å²) in [6.07, 6.45) is 11.8. The lowest BCUT2D eigenvalue weighted by Crippen LogP contribution is -2.63. The van der Waals surface area contributed by atoms with Gasteiger partial charge in [-0.05, 0) is 112 Å². The number of halogens is 6. The van der Waals surface area contributed by atoms with Gasteiger partial charge in [-0.2, -0.15) is 19.9 Å². The number of hydrogen-bond acceptors (Lipinski definition) is 14. The molecule has 4 aromatic heterocycles. The van der Waals surface area contributed by atoms with Crippen LogP contribution < -0.4 is 19.3 Å². The Balaban J connectivity index is 0.768. The zero-order chi connectivity index (χ0) is 59.0. The number of rotatable bonds is 13. The second-order valence-corrected chi connectivity index (χ2v) is 24.6. The van der Waals surface area contributed by atoms with Crippen LogP contribution in [0.1, 0.15) is 63.0 Å². The van der Waals surface area contributed by atoms with Crippen LogP contribution in [0.2, 0.25) is 10.0 Å². The molecule has 0 saturated carbocycles. The minimum absolute atomic E-state index is 0.00741. The molecule has 86 heavy (non-hydrogen) atoms. The summed E-state index contributed by atoms with van der Waals surface area (Å²) >= 11 is 13.6. The van der Waals surface area contributed by atoms with E-state index in [-0.39, 0.29) is 110 Å². The predicted molar refractivity (Wildman–Crippen MR) is 321 cm³/mol. The fraction of sp³-hybridized carbons (Fsp3) is 0.375. The van der Waals surface area contributed by atoms with Crippen LogP contribution in [0.3, 0.4) is 0 Å². The average molecular weight is 1210 g/mol. The molecular formula is C64H58Cl2F4N12O4. The van der Waals surface area contributed by atoms with Gasteiger partial charge in [-0.1, -0.05) is 78.8 Å². The van der Waals surface area contributed by atoms with Crippen LogP contribution in [-0.4, -0.2) is 157 Å². The molecule has 7 atom stereocenters. The highest BCUT2D eigenvalue weighted by atomic mass is 35.5. The van der Waals surface area contributed by atoms with Gasteiger partial charge in [0, 0.05) is 72.6 Å². The van der Waals surface area contributed by atoms with Crippen molar-refractivity contribution in [3.05, 3.63) is 131 Å². The monoisotopic (exact) mass is 1200 g/mol. The number of pyridine rings is 2. The molecule has 7 saturated heterocycles. The van der Waals surface area contributed by atoms with Crippen LogP contribution in [0, 0.1) is 23.3 Å². The summed E-state index contributed by atoms with van der Waals surface area (Å²) < 4.78 is 80.0. The van der Waals surface area contributed by atoms with Crippen molar-refractivity contribution >= 4 is 90.0 Å². The number of benzene rings is 4. The van der Waals surface area contributed by atoms with Crippen LogP contribution in [-0.2, 0) is 9.59 Å². The van der Waals surface area contributed by atoms with Gasteiger partial charge in [0.25, 0.3) is 0 Å². The first-order valence-electron chi connectivity index (χ1n) is 29.4. The summed E-state index contributed by atoms with van der Waals surface area (Å²) in [4.78, 5) is 66.6. The number of carbonyl (C=O) groups is 2. The van der Waals surface area contributed by atoms with Crippen LogP contribution in [0.15, 0.2) is 92.3 Å². The van der Waals surface area contributed by atoms with E-state index in [1.54, 1.807) is 52.4 Å². The van der Waals surface area contributed by atoms with Crippen LogP contribution in [0.25, 0.3) is 65.9 Å². The Morgan fingerprint density at radius 2 is 1.34 bits per heavy atom. The fourth-order valence-electron chi connectivity index (χ4n) is 15.3. The van der Waals surface area contributed by atoms with E-state index < -0.39 is 28.8 Å². The van der Waals surface area contributed by atoms with Crippen LogP contribution in [0.4, 0.5) is 29.2 Å². The summed E-state index contributed by atoms with van der Waals surface area (Å²) in [5, 5.41) is 2.23. The van der Waals surface area contributed by atoms with E-state index in [1.165, 1.54) is 30.5 Å². The maximum atomic E-state index is 17.8. The van der Waals surface area contributed by atoms with E-state index in [2.05, 4.69) is 32.8 Å². The third-order valence-corrected chi connectivity index (χ3v) is 20.4. The van der Waals surface area contributed by atoms with E-state index in [0.717, 1.165) is 32.2 Å². The SMILES string of the molecule is C=CC(=O)N1CC[C@@H]2[C@H]1CN2c1nc(OCC23CCCN2C(c2cc(F)c(Cl)c4c(-c5ncc6c(N7CC[C@@H]8[C@H]7CN8C(=O)C=C)nc(OC[C@@H]7CCCN7C)nc6c5F)cccc24)CC3)nc2c(F)c(-c3cccc4ccc(F)c(Cl)c34)ncc12. The van der Waals surface area contributed by atoms with Gasteiger partial charge in [-0.25, -0.2) is 17.6 Å². The van der Waals surface area contributed by atoms with E-state index in [1.807, 2.05) is 18.0 Å². The quantitative estimate of drug-likeness (QED) is 0.0796. The number of carbonyl (C=O) groups excluding carboxylic acids is 2. The largest absolute Gasteiger partial charge is 0.462 e. The molecule has 7 aliphatic heterocycles. The van der Waals surface area contributed by atoms with Gasteiger partial charge < -0.3 is 34.0 Å². The first-order valence-corrected chi connectivity index (χ1v) is 30.1. The molecule has 0 spiro atoms. The molecule has 0 N–H and O–H groups in total. The van der Waals surface area contributed by atoms with Crippen molar-refractivity contribution in [3.8, 4) is 34.5 Å². The maximum Gasteiger partial charge on any atom is 0.319 e. The zero-order valence-electron chi connectivity index (χ0n) is 47.0. The number of nitrogens with zero attached hydrogens (tertiary/aromatic N) is 12. The molecule has 15 rings (SSSR count). The Hall–Kier alpha value is -7.78. The molecule has 22 heteroatoms. The minimum Gasteiger partial charge on any atom is -0.462 e. The fourth-order valence-corrected chi connectivity index (χ4v) is 15.8. The van der Waals surface area contributed by atoms with Gasteiger partial charge in [0.15, 0.2) is 11.6 Å². The van der Waals surface area contributed by atoms with Gasteiger partial charge in [0.1, 0.15) is 58.9 Å². The molecule has 16 nitrogen and oxygen atoms in total. The number of aromatic nitrogens is 6. The third-order valence-electron chi connectivity index (χ3n) is 19.7. The van der Waals surface area contributed by atoms with Gasteiger partial charge in [0.05, 0.1) is 50.5 Å². The number of likely N-dealkylation sites (tertiary alicyclic amines) is 3. The van der Waals surface area contributed by atoms with E-state index in [4.69, 9.17) is 57.6 Å². The summed E-state index contributed by atoms with van der Waals surface area (Å²) in [5.74, 6) is -2.26. The predicted octanol–water partition coefficient (Wildman–Crippen LogP) is 11.0. The smallest absolute Gasteiger partial charge is 0.319 e. The van der Waals surface area contributed by atoms with Crippen molar-refractivity contribution in [3.63, 3.8) is 0 Å². The molecule has 440 valence electrons. The van der Waals surface area contributed by atoms with Gasteiger partial charge in [0.2, 0.25) is 11.8 Å². The zero-order valence-corrected chi connectivity index (χ0v) is 48.5. The Kier molecular flexibility index (Phi) is 13.4. The number of anilines is 2. The van der Waals surface area contributed by atoms with Gasteiger partial charge in [-0.3, -0.25) is 24.5 Å². The third kappa shape index (κ3) is 8.50. The molecule has 0 radical (unpaired) electrons. The maximum absolute atomic E-state index is 17.8. The normalized spacial score (nSPS) is 24.4. The number of likely N-dealkylation sites (N-methyl/N-ethyl adjacent to an activating group) is 1. The van der Waals surface area contributed by atoms with Crippen molar-refractivity contribution in [2.75, 3.05) is 69.3 Å². The molecule has 0 bridgehead atoms. The Morgan fingerprint density at radius 3 is 2.06 bits per heavy atom. The summed E-state index contributed by atoms with van der Waals surface area (Å²) in [6.45, 7) is 11.4. The van der Waals surface area contributed by atoms with Gasteiger partial charge >= 0.3 is 12.0 Å². The molecule has 2 unspecified atom stereocenters. The van der Waals surface area contributed by atoms with Crippen LogP contribution in [0.5, 0.6) is 12.0 Å². The topological polar surface area (TPSA) is 149 Å². The molecule has 2 amide bonds. The molecule has 0 aliphatic carbocycles. The first kappa shape index (κ1) is 54.8.